The monoisotopic (exact) mass is 266 g/mol. The number of methoxy groups -OCH3 is 1. The molecule has 0 atom stereocenters. The Kier molecular flexibility index (Phi) is 6.29. The molecule has 0 radical (unpaired) electrons. The normalized spacial score (nSPS) is 9.89. The van der Waals surface area contributed by atoms with Crippen molar-refractivity contribution in [2.75, 3.05) is 33.5 Å². The van der Waals surface area contributed by atoms with E-state index in [4.69, 9.17) is 19.5 Å². The summed E-state index contributed by atoms with van der Waals surface area (Å²) >= 11 is 0. The Morgan fingerprint density at radius 2 is 2.05 bits per heavy atom. The van der Waals surface area contributed by atoms with E-state index in [9.17, 15) is 10.1 Å². The second kappa shape index (κ2) is 8.02. The van der Waals surface area contributed by atoms with E-state index in [0.717, 1.165) is 0 Å². The van der Waals surface area contributed by atoms with Gasteiger partial charge in [-0.05, 0) is 12.1 Å². The summed E-state index contributed by atoms with van der Waals surface area (Å²) in [5.74, 6) is 0.334. The number of nitro benzene ring substituents is 1. The number of benzene rings is 1. The van der Waals surface area contributed by atoms with E-state index >= 15 is 0 Å². The van der Waals surface area contributed by atoms with Crippen LogP contribution in [0.2, 0.25) is 0 Å². The zero-order chi connectivity index (χ0) is 14.1. The number of hydrogen-bond donors (Lipinski definition) is 0. The largest absolute Gasteiger partial charge is 0.491 e. The molecular formula is C12H14N2O5. The van der Waals surface area contributed by atoms with Gasteiger partial charge in [0.25, 0.3) is 5.69 Å². The molecule has 19 heavy (non-hydrogen) atoms. The van der Waals surface area contributed by atoms with Gasteiger partial charge in [0.15, 0.2) is 0 Å². The van der Waals surface area contributed by atoms with Crippen LogP contribution in [0.15, 0.2) is 18.2 Å². The van der Waals surface area contributed by atoms with Crippen LogP contribution in [-0.4, -0.2) is 38.5 Å². The molecule has 0 amide bonds. The lowest BCUT2D eigenvalue weighted by Crippen LogP contribution is -2.10. The van der Waals surface area contributed by atoms with Crippen LogP contribution in [-0.2, 0) is 9.47 Å². The Morgan fingerprint density at radius 1 is 1.32 bits per heavy atom. The summed E-state index contributed by atoms with van der Waals surface area (Å²) in [6, 6.07) is 5.86. The van der Waals surface area contributed by atoms with E-state index in [2.05, 4.69) is 0 Å². The third-order valence-electron chi connectivity index (χ3n) is 2.21. The van der Waals surface area contributed by atoms with Crippen molar-refractivity contribution in [3.8, 4) is 11.8 Å². The van der Waals surface area contributed by atoms with Crippen molar-refractivity contribution in [3.63, 3.8) is 0 Å². The zero-order valence-electron chi connectivity index (χ0n) is 10.5. The highest BCUT2D eigenvalue weighted by Gasteiger charge is 2.14. The molecule has 0 aliphatic rings. The summed E-state index contributed by atoms with van der Waals surface area (Å²) in [4.78, 5) is 10.1. The highest BCUT2D eigenvalue weighted by atomic mass is 16.6. The first-order valence-electron chi connectivity index (χ1n) is 5.57. The van der Waals surface area contributed by atoms with Crippen molar-refractivity contribution in [2.24, 2.45) is 0 Å². The number of nitriles is 1. The molecule has 0 aliphatic heterocycles. The van der Waals surface area contributed by atoms with Gasteiger partial charge in [-0.2, -0.15) is 5.26 Å². The summed E-state index contributed by atoms with van der Waals surface area (Å²) in [6.45, 7) is 1.60. The number of rotatable bonds is 8. The highest BCUT2D eigenvalue weighted by Crippen LogP contribution is 2.23. The number of hydrogen-bond acceptors (Lipinski definition) is 6. The summed E-state index contributed by atoms with van der Waals surface area (Å²) in [5, 5.41) is 19.5. The lowest BCUT2D eigenvalue weighted by molar-refractivity contribution is -0.385. The van der Waals surface area contributed by atoms with Crippen molar-refractivity contribution in [1.29, 1.82) is 5.26 Å². The lowest BCUT2D eigenvalue weighted by Gasteiger charge is -2.07. The second-order valence-electron chi connectivity index (χ2n) is 3.50. The molecule has 0 aromatic heterocycles. The summed E-state index contributed by atoms with van der Waals surface area (Å²) in [5.41, 5.74) is -0.256. The molecule has 0 fully saturated rings. The van der Waals surface area contributed by atoms with Crippen LogP contribution >= 0.6 is 0 Å². The van der Waals surface area contributed by atoms with Gasteiger partial charge in [-0.3, -0.25) is 10.1 Å². The van der Waals surface area contributed by atoms with Gasteiger partial charge in [0, 0.05) is 7.11 Å². The second-order valence-corrected chi connectivity index (χ2v) is 3.50. The topological polar surface area (TPSA) is 94.6 Å². The molecule has 1 rings (SSSR count). The van der Waals surface area contributed by atoms with Crippen LogP contribution in [0.4, 0.5) is 5.69 Å². The van der Waals surface area contributed by atoms with E-state index in [-0.39, 0.29) is 17.9 Å². The minimum absolute atomic E-state index is 0.00805. The van der Waals surface area contributed by atoms with E-state index in [1.54, 1.807) is 13.2 Å². The van der Waals surface area contributed by atoms with Crippen molar-refractivity contribution in [1.82, 2.24) is 0 Å². The lowest BCUT2D eigenvalue weighted by atomic mass is 10.2. The SMILES string of the molecule is COCCOCCOc1ccc(C#N)c([N+](=O)[O-])c1. The molecule has 1 aromatic carbocycles. The Balaban J connectivity index is 2.49. The van der Waals surface area contributed by atoms with Crippen LogP contribution in [0.3, 0.4) is 0 Å². The molecule has 0 aliphatic carbocycles. The summed E-state index contributed by atoms with van der Waals surface area (Å²) < 4.78 is 15.3. The number of nitro groups is 1. The van der Waals surface area contributed by atoms with Crippen LogP contribution in [0.5, 0.6) is 5.75 Å². The Hall–Kier alpha value is -2.17. The van der Waals surface area contributed by atoms with Gasteiger partial charge in [0.1, 0.15) is 24.0 Å². The first-order valence-corrected chi connectivity index (χ1v) is 5.57. The first kappa shape index (κ1) is 14.9. The van der Waals surface area contributed by atoms with Crippen LogP contribution < -0.4 is 4.74 Å². The van der Waals surface area contributed by atoms with Crippen molar-refractivity contribution < 1.29 is 19.1 Å². The third-order valence-corrected chi connectivity index (χ3v) is 2.21. The molecule has 7 heteroatoms. The van der Waals surface area contributed by atoms with E-state index in [0.29, 0.717) is 25.6 Å². The van der Waals surface area contributed by atoms with Gasteiger partial charge in [0.05, 0.1) is 30.8 Å². The molecule has 102 valence electrons. The Bertz CT molecular complexity index is 470. The van der Waals surface area contributed by atoms with Crippen molar-refractivity contribution in [3.05, 3.63) is 33.9 Å². The molecule has 7 nitrogen and oxygen atoms in total. The van der Waals surface area contributed by atoms with Crippen molar-refractivity contribution in [2.45, 2.75) is 0 Å². The molecule has 0 saturated carbocycles. The summed E-state index contributed by atoms with van der Waals surface area (Å²) in [7, 11) is 1.58. The molecule has 0 saturated heterocycles. The van der Waals surface area contributed by atoms with Crippen LogP contribution in [0.1, 0.15) is 5.56 Å². The first-order chi connectivity index (χ1) is 9.19. The molecule has 0 bridgehead atoms. The average molecular weight is 266 g/mol. The average Bonchev–Trinajstić information content (AvgIpc) is 2.42. The quantitative estimate of drug-likeness (QED) is 0.402. The number of ether oxygens (including phenoxy) is 3. The zero-order valence-corrected chi connectivity index (χ0v) is 10.5. The molecule has 1 aromatic rings. The van der Waals surface area contributed by atoms with Gasteiger partial charge in [0.2, 0.25) is 0 Å². The molecule has 0 spiro atoms. The summed E-state index contributed by atoms with van der Waals surface area (Å²) in [6.07, 6.45) is 0. The molecule has 0 unspecified atom stereocenters. The van der Waals surface area contributed by atoms with Gasteiger partial charge in [-0.25, -0.2) is 0 Å². The van der Waals surface area contributed by atoms with Gasteiger partial charge >= 0.3 is 0 Å². The fraction of sp³-hybridized carbons (Fsp3) is 0.417. The minimum Gasteiger partial charge on any atom is -0.491 e. The minimum atomic E-state index is -0.611. The Labute approximate surface area is 110 Å². The Morgan fingerprint density at radius 3 is 2.68 bits per heavy atom. The van der Waals surface area contributed by atoms with Crippen molar-refractivity contribution >= 4 is 5.69 Å². The van der Waals surface area contributed by atoms with Gasteiger partial charge in [-0.1, -0.05) is 0 Å². The molecular weight excluding hydrogens is 252 g/mol. The smallest absolute Gasteiger partial charge is 0.290 e. The predicted octanol–water partition coefficient (Wildman–Crippen LogP) is 1.51. The number of nitrogens with zero attached hydrogens (tertiary/aromatic N) is 2. The molecule has 0 N–H and O–H groups in total. The van der Waals surface area contributed by atoms with Crippen LogP contribution in [0.25, 0.3) is 0 Å². The maximum Gasteiger partial charge on any atom is 0.290 e. The van der Waals surface area contributed by atoms with Gasteiger partial charge in [-0.15, -0.1) is 0 Å². The van der Waals surface area contributed by atoms with Gasteiger partial charge < -0.3 is 14.2 Å². The van der Waals surface area contributed by atoms with E-state index < -0.39 is 4.92 Å². The standard InChI is InChI=1S/C12H14N2O5/c1-17-4-5-18-6-7-19-11-3-2-10(9-13)12(8-11)14(15)16/h2-3,8H,4-7H2,1H3. The maximum absolute atomic E-state index is 10.7. The third kappa shape index (κ3) is 4.91. The van der Waals surface area contributed by atoms with E-state index in [1.165, 1.54) is 18.2 Å². The van der Waals surface area contributed by atoms with Crippen LogP contribution in [0, 0.1) is 21.4 Å². The highest BCUT2D eigenvalue weighted by molar-refractivity contribution is 5.52. The molecule has 0 heterocycles. The maximum atomic E-state index is 10.7. The fourth-order valence-electron chi connectivity index (χ4n) is 1.31. The fourth-order valence-corrected chi connectivity index (χ4v) is 1.31. The predicted molar refractivity (Wildman–Crippen MR) is 66.0 cm³/mol. The van der Waals surface area contributed by atoms with E-state index in [1.807, 2.05) is 0 Å².